The van der Waals surface area contributed by atoms with E-state index in [1.807, 2.05) is 6.92 Å². The number of halogens is 1. The summed E-state index contributed by atoms with van der Waals surface area (Å²) in [6.45, 7) is 1.96. The summed E-state index contributed by atoms with van der Waals surface area (Å²) in [5.74, 6) is -1.28. The predicted octanol–water partition coefficient (Wildman–Crippen LogP) is 1.73. The third-order valence-electron chi connectivity index (χ3n) is 2.30. The van der Waals surface area contributed by atoms with Gasteiger partial charge in [-0.05, 0) is 18.1 Å². The number of carbonyl (C=O) groups is 2. The van der Waals surface area contributed by atoms with Crippen molar-refractivity contribution in [3.05, 3.63) is 34.9 Å². The van der Waals surface area contributed by atoms with Crippen molar-refractivity contribution >= 4 is 27.7 Å². The molecule has 0 aliphatic heterocycles. The molecule has 0 fully saturated rings. The highest BCUT2D eigenvalue weighted by Crippen LogP contribution is 2.30. The summed E-state index contributed by atoms with van der Waals surface area (Å²) in [7, 11) is 0. The number of hydrogen-bond donors (Lipinski definition) is 2. The molecule has 0 radical (unpaired) electrons. The van der Waals surface area contributed by atoms with Crippen LogP contribution in [-0.4, -0.2) is 11.8 Å². The Morgan fingerprint density at radius 2 is 1.94 bits per heavy atom. The summed E-state index contributed by atoms with van der Waals surface area (Å²) in [5, 5.41) is 0. The van der Waals surface area contributed by atoms with Crippen molar-refractivity contribution in [2.45, 2.75) is 18.2 Å². The number of alkyl halides is 1. The minimum Gasteiger partial charge on any atom is -0.366 e. The van der Waals surface area contributed by atoms with Gasteiger partial charge in [-0.3, -0.25) is 9.59 Å². The average molecular weight is 285 g/mol. The summed E-state index contributed by atoms with van der Waals surface area (Å²) in [6, 6.07) is 4.95. The quantitative estimate of drug-likeness (QED) is 0.825. The van der Waals surface area contributed by atoms with Crippen molar-refractivity contribution in [3.8, 4) is 0 Å². The van der Waals surface area contributed by atoms with Gasteiger partial charge in [-0.1, -0.05) is 35.0 Å². The minimum absolute atomic E-state index is 0.0192. The van der Waals surface area contributed by atoms with E-state index in [9.17, 15) is 9.59 Å². The zero-order valence-electron chi connectivity index (χ0n) is 8.87. The molecule has 2 amide bonds. The Labute approximate surface area is 102 Å². The number of hydrogen-bond acceptors (Lipinski definition) is 2. The monoisotopic (exact) mass is 284 g/mol. The largest absolute Gasteiger partial charge is 0.366 e. The third-order valence-corrected chi connectivity index (χ3v) is 3.45. The lowest BCUT2D eigenvalue weighted by Gasteiger charge is -2.13. The highest BCUT2D eigenvalue weighted by Gasteiger charge is 2.20. The second kappa shape index (κ2) is 5.12. The van der Waals surface area contributed by atoms with Crippen LogP contribution >= 0.6 is 15.9 Å². The first-order valence-corrected chi connectivity index (χ1v) is 5.77. The molecule has 1 aromatic carbocycles. The first-order valence-electron chi connectivity index (χ1n) is 4.85. The van der Waals surface area contributed by atoms with Crippen LogP contribution in [0.15, 0.2) is 18.2 Å². The van der Waals surface area contributed by atoms with Crippen molar-refractivity contribution in [2.75, 3.05) is 0 Å². The SMILES string of the molecule is CCC(Br)c1cccc(C(N)=O)c1C(N)=O. The molecule has 0 heterocycles. The van der Waals surface area contributed by atoms with Crippen LogP contribution in [0, 0.1) is 0 Å². The molecule has 16 heavy (non-hydrogen) atoms. The lowest BCUT2D eigenvalue weighted by molar-refractivity contribution is 0.0966. The molecule has 0 aromatic heterocycles. The molecule has 4 nitrogen and oxygen atoms in total. The molecule has 0 saturated carbocycles. The number of benzene rings is 1. The van der Waals surface area contributed by atoms with Crippen LogP contribution in [0.25, 0.3) is 0 Å². The van der Waals surface area contributed by atoms with Crippen LogP contribution in [0.2, 0.25) is 0 Å². The zero-order valence-corrected chi connectivity index (χ0v) is 10.5. The molecule has 0 bridgehead atoms. The number of rotatable bonds is 4. The minimum atomic E-state index is -0.647. The van der Waals surface area contributed by atoms with Gasteiger partial charge in [0.25, 0.3) is 0 Å². The summed E-state index contributed by atoms with van der Waals surface area (Å²) in [4.78, 5) is 22.5. The third kappa shape index (κ3) is 2.41. The van der Waals surface area contributed by atoms with Crippen LogP contribution in [0.4, 0.5) is 0 Å². The molecule has 0 aliphatic rings. The molecule has 1 rings (SSSR count). The van der Waals surface area contributed by atoms with Gasteiger partial charge in [-0.25, -0.2) is 0 Å². The Balaban J connectivity index is 3.44. The fourth-order valence-corrected chi connectivity index (χ4v) is 1.91. The van der Waals surface area contributed by atoms with Crippen LogP contribution < -0.4 is 11.5 Å². The van der Waals surface area contributed by atoms with Crippen LogP contribution in [0.5, 0.6) is 0 Å². The number of carbonyl (C=O) groups excluding carboxylic acids is 2. The predicted molar refractivity (Wildman–Crippen MR) is 65.4 cm³/mol. The highest BCUT2D eigenvalue weighted by molar-refractivity contribution is 9.09. The molecule has 1 atom stereocenters. The van der Waals surface area contributed by atoms with E-state index in [2.05, 4.69) is 15.9 Å². The van der Waals surface area contributed by atoms with Crippen LogP contribution in [0.3, 0.4) is 0 Å². The maximum Gasteiger partial charge on any atom is 0.249 e. The molecule has 1 aromatic rings. The number of primary amides is 2. The summed E-state index contributed by atoms with van der Waals surface area (Å²) in [5.41, 5.74) is 11.6. The van der Waals surface area contributed by atoms with E-state index in [1.165, 1.54) is 6.07 Å². The van der Waals surface area contributed by atoms with Gasteiger partial charge in [0, 0.05) is 4.83 Å². The molecule has 0 spiro atoms. The van der Waals surface area contributed by atoms with Crippen molar-refractivity contribution < 1.29 is 9.59 Å². The smallest absolute Gasteiger partial charge is 0.249 e. The standard InChI is InChI=1S/C11H13BrN2O2/c1-2-8(12)6-4-3-5-7(10(13)15)9(6)11(14)16/h3-5,8H,2H2,1H3,(H2,13,15)(H2,14,16). The fraction of sp³-hybridized carbons (Fsp3) is 0.273. The summed E-state index contributed by atoms with van der Waals surface area (Å²) >= 11 is 3.43. The van der Waals surface area contributed by atoms with Gasteiger partial charge < -0.3 is 11.5 Å². The Bertz CT molecular complexity index is 432. The van der Waals surface area contributed by atoms with E-state index in [0.717, 1.165) is 6.42 Å². The summed E-state index contributed by atoms with van der Waals surface area (Å²) in [6.07, 6.45) is 0.780. The van der Waals surface area contributed by atoms with E-state index in [0.29, 0.717) is 5.56 Å². The Morgan fingerprint density at radius 3 is 2.38 bits per heavy atom. The second-order valence-electron chi connectivity index (χ2n) is 3.37. The highest BCUT2D eigenvalue weighted by atomic mass is 79.9. The van der Waals surface area contributed by atoms with Crippen molar-refractivity contribution in [1.29, 1.82) is 0 Å². The molecule has 5 heteroatoms. The summed E-state index contributed by atoms with van der Waals surface area (Å²) < 4.78 is 0. The van der Waals surface area contributed by atoms with Gasteiger partial charge in [0.05, 0.1) is 11.1 Å². The first kappa shape index (κ1) is 12.7. The maximum atomic E-state index is 11.4. The van der Waals surface area contributed by atoms with Gasteiger partial charge in [-0.15, -0.1) is 0 Å². The first-order chi connectivity index (χ1) is 7.49. The second-order valence-corrected chi connectivity index (χ2v) is 4.48. The van der Waals surface area contributed by atoms with Crippen LogP contribution in [-0.2, 0) is 0 Å². The van der Waals surface area contributed by atoms with E-state index in [-0.39, 0.29) is 16.0 Å². The Hall–Kier alpha value is -1.36. The Morgan fingerprint density at radius 1 is 1.31 bits per heavy atom. The average Bonchev–Trinajstić information content (AvgIpc) is 2.26. The van der Waals surface area contributed by atoms with Crippen molar-refractivity contribution in [2.24, 2.45) is 11.5 Å². The normalized spacial score (nSPS) is 12.1. The molecule has 4 N–H and O–H groups in total. The van der Waals surface area contributed by atoms with E-state index in [4.69, 9.17) is 11.5 Å². The maximum absolute atomic E-state index is 11.4. The van der Waals surface area contributed by atoms with E-state index in [1.54, 1.807) is 12.1 Å². The molecular formula is C11H13BrN2O2. The van der Waals surface area contributed by atoms with E-state index < -0.39 is 11.8 Å². The van der Waals surface area contributed by atoms with Gasteiger partial charge in [0.1, 0.15) is 0 Å². The van der Waals surface area contributed by atoms with Gasteiger partial charge >= 0.3 is 0 Å². The molecule has 86 valence electrons. The van der Waals surface area contributed by atoms with Crippen LogP contribution in [0.1, 0.15) is 44.5 Å². The fourth-order valence-electron chi connectivity index (χ4n) is 1.53. The van der Waals surface area contributed by atoms with Crippen molar-refractivity contribution in [3.63, 3.8) is 0 Å². The molecule has 0 aliphatic carbocycles. The lowest BCUT2D eigenvalue weighted by atomic mass is 9.97. The van der Waals surface area contributed by atoms with Crippen molar-refractivity contribution in [1.82, 2.24) is 0 Å². The van der Waals surface area contributed by atoms with E-state index >= 15 is 0 Å². The molecule has 1 unspecified atom stereocenters. The number of amides is 2. The topological polar surface area (TPSA) is 86.2 Å². The lowest BCUT2D eigenvalue weighted by Crippen LogP contribution is -2.22. The number of nitrogens with two attached hydrogens (primary N) is 2. The Kier molecular flexibility index (Phi) is 4.06. The molecule has 0 saturated heterocycles. The van der Waals surface area contributed by atoms with Gasteiger partial charge in [0.2, 0.25) is 11.8 Å². The zero-order chi connectivity index (χ0) is 12.3. The van der Waals surface area contributed by atoms with Gasteiger partial charge in [-0.2, -0.15) is 0 Å². The van der Waals surface area contributed by atoms with Gasteiger partial charge in [0.15, 0.2) is 0 Å². The molecular weight excluding hydrogens is 272 g/mol.